The maximum absolute atomic E-state index is 12.2. The number of carbonyl (C=O) groups excluding carboxylic acids is 1. The number of benzene rings is 1. The number of rotatable bonds is 2. The molecule has 0 spiro atoms. The molecule has 1 aromatic rings. The van der Waals surface area contributed by atoms with E-state index in [2.05, 4.69) is 15.9 Å². The zero-order valence-electron chi connectivity index (χ0n) is 10.8. The van der Waals surface area contributed by atoms with Crippen molar-refractivity contribution in [2.75, 3.05) is 0 Å². The fourth-order valence-electron chi connectivity index (χ4n) is 3.20. The molecule has 3 nitrogen and oxygen atoms in total. The molecule has 2 saturated heterocycles. The molecule has 0 saturated carbocycles. The summed E-state index contributed by atoms with van der Waals surface area (Å²) in [5, 5.41) is 0. The molecule has 1 amide bonds. The molecule has 2 bridgehead atoms. The summed E-state index contributed by atoms with van der Waals surface area (Å²) >= 11 is 3.68. The Kier molecular flexibility index (Phi) is 3.78. The number of alkyl halides is 1. The van der Waals surface area contributed by atoms with Gasteiger partial charge in [0.25, 0.3) is 0 Å². The van der Waals surface area contributed by atoms with Crippen LogP contribution in [0, 0.1) is 0 Å². The van der Waals surface area contributed by atoms with Crippen molar-refractivity contribution in [1.29, 1.82) is 0 Å². The topological polar surface area (TPSA) is 29.5 Å². The molecule has 2 aliphatic heterocycles. The summed E-state index contributed by atoms with van der Waals surface area (Å²) in [5.41, 5.74) is 1.04. The first-order chi connectivity index (χ1) is 9.24. The molecule has 2 heterocycles. The number of amides is 1. The molecular formula is C15H18BrNO2. The maximum atomic E-state index is 12.2. The standard InChI is InChI=1S/C15H18BrNO2/c16-12-8-13-6-7-14(9-12)17(13)15(18)19-10-11-4-2-1-3-5-11/h1-5,12-14H,6-10H2. The van der Waals surface area contributed by atoms with Crippen LogP contribution >= 0.6 is 15.9 Å². The van der Waals surface area contributed by atoms with E-state index in [1.807, 2.05) is 35.2 Å². The van der Waals surface area contributed by atoms with Crippen LogP contribution in [0.3, 0.4) is 0 Å². The van der Waals surface area contributed by atoms with Crippen molar-refractivity contribution in [2.24, 2.45) is 0 Å². The van der Waals surface area contributed by atoms with Gasteiger partial charge in [-0.15, -0.1) is 0 Å². The van der Waals surface area contributed by atoms with Gasteiger partial charge in [0.15, 0.2) is 0 Å². The number of halogens is 1. The van der Waals surface area contributed by atoms with Crippen LogP contribution in [-0.4, -0.2) is 27.9 Å². The third-order valence-corrected chi connectivity index (χ3v) is 4.84. The van der Waals surface area contributed by atoms with Crippen LogP contribution in [0.5, 0.6) is 0 Å². The molecular weight excluding hydrogens is 306 g/mol. The molecule has 3 rings (SSSR count). The van der Waals surface area contributed by atoms with Crippen molar-refractivity contribution in [3.8, 4) is 0 Å². The zero-order valence-corrected chi connectivity index (χ0v) is 12.4. The summed E-state index contributed by atoms with van der Waals surface area (Å²) in [6.07, 6.45) is 4.20. The Morgan fingerprint density at radius 3 is 2.47 bits per heavy atom. The van der Waals surface area contributed by atoms with Gasteiger partial charge in [0.1, 0.15) is 6.61 Å². The normalized spacial score (nSPS) is 29.3. The molecule has 2 unspecified atom stereocenters. The van der Waals surface area contributed by atoms with Crippen LogP contribution in [0.25, 0.3) is 0 Å². The van der Waals surface area contributed by atoms with Crippen LogP contribution < -0.4 is 0 Å². The van der Waals surface area contributed by atoms with E-state index in [9.17, 15) is 4.79 Å². The van der Waals surface area contributed by atoms with Gasteiger partial charge in [-0.25, -0.2) is 4.79 Å². The number of fused-ring (bicyclic) bond motifs is 2. The highest BCUT2D eigenvalue weighted by Gasteiger charge is 2.43. The van der Waals surface area contributed by atoms with Gasteiger partial charge in [0.2, 0.25) is 0 Å². The van der Waals surface area contributed by atoms with Gasteiger partial charge in [0.05, 0.1) is 0 Å². The molecule has 2 aliphatic rings. The minimum absolute atomic E-state index is 0.143. The molecule has 4 heteroatoms. The van der Waals surface area contributed by atoms with Crippen molar-refractivity contribution in [3.63, 3.8) is 0 Å². The van der Waals surface area contributed by atoms with Crippen LogP contribution in [0.4, 0.5) is 4.79 Å². The van der Waals surface area contributed by atoms with Crippen molar-refractivity contribution in [2.45, 2.75) is 49.2 Å². The van der Waals surface area contributed by atoms with Crippen LogP contribution in [0.1, 0.15) is 31.2 Å². The van der Waals surface area contributed by atoms with Crippen molar-refractivity contribution < 1.29 is 9.53 Å². The number of hydrogen-bond donors (Lipinski definition) is 0. The summed E-state index contributed by atoms with van der Waals surface area (Å²) in [7, 11) is 0. The molecule has 2 atom stereocenters. The molecule has 2 fully saturated rings. The summed E-state index contributed by atoms with van der Waals surface area (Å²) in [6, 6.07) is 10.6. The van der Waals surface area contributed by atoms with E-state index in [0.29, 0.717) is 23.5 Å². The predicted molar refractivity (Wildman–Crippen MR) is 77.2 cm³/mol. The summed E-state index contributed by atoms with van der Waals surface area (Å²) < 4.78 is 5.46. The Hall–Kier alpha value is -1.03. The second-order valence-electron chi connectivity index (χ2n) is 5.40. The molecule has 0 N–H and O–H groups in total. The Bertz CT molecular complexity index is 437. The molecule has 1 aromatic carbocycles. The number of piperidine rings is 1. The average molecular weight is 324 g/mol. The Labute approximate surface area is 122 Å². The van der Waals surface area contributed by atoms with Gasteiger partial charge < -0.3 is 9.64 Å². The summed E-state index contributed by atoms with van der Waals surface area (Å²) in [6.45, 7) is 0.368. The number of ether oxygens (including phenoxy) is 1. The fraction of sp³-hybridized carbons (Fsp3) is 0.533. The van der Waals surface area contributed by atoms with E-state index in [4.69, 9.17) is 4.74 Å². The van der Waals surface area contributed by atoms with E-state index in [-0.39, 0.29) is 6.09 Å². The maximum Gasteiger partial charge on any atom is 0.410 e. The Morgan fingerprint density at radius 2 is 1.84 bits per heavy atom. The zero-order chi connectivity index (χ0) is 13.2. The number of nitrogens with zero attached hydrogens (tertiary/aromatic N) is 1. The van der Waals surface area contributed by atoms with E-state index >= 15 is 0 Å². The van der Waals surface area contributed by atoms with E-state index in [1.165, 1.54) is 0 Å². The molecule has 102 valence electrons. The van der Waals surface area contributed by atoms with Crippen LogP contribution in [-0.2, 0) is 11.3 Å². The van der Waals surface area contributed by atoms with Crippen molar-refractivity contribution in [3.05, 3.63) is 35.9 Å². The van der Waals surface area contributed by atoms with Crippen LogP contribution in [0.15, 0.2) is 30.3 Å². The fourth-order valence-corrected chi connectivity index (χ4v) is 4.07. The van der Waals surface area contributed by atoms with Crippen molar-refractivity contribution >= 4 is 22.0 Å². The van der Waals surface area contributed by atoms with Gasteiger partial charge in [-0.3, -0.25) is 0 Å². The summed E-state index contributed by atoms with van der Waals surface area (Å²) in [5.74, 6) is 0. The minimum Gasteiger partial charge on any atom is -0.445 e. The number of hydrogen-bond acceptors (Lipinski definition) is 2. The average Bonchev–Trinajstić information content (AvgIpc) is 2.70. The van der Waals surface area contributed by atoms with E-state index < -0.39 is 0 Å². The van der Waals surface area contributed by atoms with E-state index in [0.717, 1.165) is 31.2 Å². The van der Waals surface area contributed by atoms with Gasteiger partial charge in [0, 0.05) is 16.9 Å². The third kappa shape index (κ3) is 2.78. The second-order valence-corrected chi connectivity index (χ2v) is 6.70. The first-order valence-electron chi connectivity index (χ1n) is 6.87. The highest BCUT2D eigenvalue weighted by Crippen LogP contribution is 2.38. The SMILES string of the molecule is O=C(OCc1ccccc1)N1C2CCC1CC(Br)C2. The van der Waals surface area contributed by atoms with Crippen molar-refractivity contribution in [1.82, 2.24) is 4.90 Å². The smallest absolute Gasteiger partial charge is 0.410 e. The highest BCUT2D eigenvalue weighted by molar-refractivity contribution is 9.09. The second kappa shape index (κ2) is 5.53. The summed E-state index contributed by atoms with van der Waals surface area (Å²) in [4.78, 5) is 14.8. The first-order valence-corrected chi connectivity index (χ1v) is 7.78. The predicted octanol–water partition coefficient (Wildman–Crippen LogP) is 3.71. The lowest BCUT2D eigenvalue weighted by Crippen LogP contribution is -2.47. The molecule has 0 aliphatic carbocycles. The first kappa shape index (κ1) is 13.0. The Balaban J connectivity index is 1.59. The number of carbonyl (C=O) groups is 1. The minimum atomic E-state index is -0.143. The lowest BCUT2D eigenvalue weighted by molar-refractivity contribution is 0.0664. The van der Waals surface area contributed by atoms with Gasteiger partial charge in [-0.1, -0.05) is 46.3 Å². The monoisotopic (exact) mass is 323 g/mol. The molecule has 0 radical (unpaired) electrons. The lowest BCUT2D eigenvalue weighted by Gasteiger charge is -2.36. The lowest BCUT2D eigenvalue weighted by atomic mass is 10.0. The Morgan fingerprint density at radius 1 is 1.21 bits per heavy atom. The van der Waals surface area contributed by atoms with Gasteiger partial charge >= 0.3 is 6.09 Å². The quantitative estimate of drug-likeness (QED) is 0.776. The molecule has 0 aromatic heterocycles. The van der Waals surface area contributed by atoms with Crippen LogP contribution in [0.2, 0.25) is 0 Å². The highest BCUT2D eigenvalue weighted by atomic mass is 79.9. The third-order valence-electron chi connectivity index (χ3n) is 4.09. The van der Waals surface area contributed by atoms with Gasteiger partial charge in [-0.05, 0) is 31.2 Å². The van der Waals surface area contributed by atoms with Gasteiger partial charge in [-0.2, -0.15) is 0 Å². The molecule has 19 heavy (non-hydrogen) atoms. The largest absolute Gasteiger partial charge is 0.445 e. The van der Waals surface area contributed by atoms with E-state index in [1.54, 1.807) is 0 Å².